The van der Waals surface area contributed by atoms with Crippen LogP contribution in [0.3, 0.4) is 0 Å². The molecule has 0 saturated heterocycles. The van der Waals surface area contributed by atoms with Crippen LogP contribution >= 0.6 is 34.8 Å². The van der Waals surface area contributed by atoms with E-state index in [4.69, 9.17) is 34.8 Å². The Morgan fingerprint density at radius 3 is 2.76 bits per heavy atom. The summed E-state index contributed by atoms with van der Waals surface area (Å²) in [6.45, 7) is 0.306. The molecule has 0 aliphatic heterocycles. The van der Waals surface area contributed by atoms with Crippen LogP contribution in [0.1, 0.15) is 0 Å². The molecule has 1 rings (SSSR count). The molecule has 0 aliphatic carbocycles. The maximum absolute atomic E-state index is 10.8. The summed E-state index contributed by atoms with van der Waals surface area (Å²) in [5.41, 5.74) is -0.850. The largest absolute Gasteiger partial charge is 0.332 e. The summed E-state index contributed by atoms with van der Waals surface area (Å²) in [6.07, 6.45) is 2.32. The Morgan fingerprint density at radius 1 is 1.53 bits per heavy atom. The average molecular weight is 300 g/mol. The molecule has 9 heteroatoms. The van der Waals surface area contributed by atoms with E-state index in [1.807, 2.05) is 0 Å². The minimum absolute atomic E-state index is 0.0968. The Hall–Kier alpha value is -0.850. The first-order chi connectivity index (χ1) is 8.11. The number of anilines is 1. The molecule has 0 N–H and O–H groups in total. The summed E-state index contributed by atoms with van der Waals surface area (Å²) in [5, 5.41) is 10.8. The van der Waals surface area contributed by atoms with Gasteiger partial charge in [0.1, 0.15) is 18.0 Å². The third-order valence-corrected chi connectivity index (χ3v) is 2.94. The topological polar surface area (TPSA) is 72.2 Å². The molecule has 1 unspecified atom stereocenters. The van der Waals surface area contributed by atoms with Crippen LogP contribution in [0.5, 0.6) is 0 Å². The molecule has 0 bridgehead atoms. The highest BCUT2D eigenvalue weighted by atomic mass is 35.5. The van der Waals surface area contributed by atoms with Gasteiger partial charge in [-0.3, -0.25) is 10.1 Å². The fourth-order valence-corrected chi connectivity index (χ4v) is 1.76. The first-order valence-corrected chi connectivity index (χ1v) is 6.09. The fraction of sp³-hybridized carbons (Fsp3) is 0.500. The van der Waals surface area contributed by atoms with E-state index < -0.39 is 10.4 Å². The number of hydrogen-bond acceptors (Lipinski definition) is 5. The maximum Gasteiger partial charge on any atom is 0.329 e. The van der Waals surface area contributed by atoms with Crippen molar-refractivity contribution < 1.29 is 4.92 Å². The number of alkyl halides is 3. The van der Waals surface area contributed by atoms with Crippen LogP contribution in [0.2, 0.25) is 0 Å². The smallest absolute Gasteiger partial charge is 0.329 e. The zero-order valence-corrected chi connectivity index (χ0v) is 10.9. The van der Waals surface area contributed by atoms with Crippen molar-refractivity contribution in [1.29, 1.82) is 0 Å². The van der Waals surface area contributed by atoms with Crippen molar-refractivity contribution in [2.75, 3.05) is 23.2 Å². The van der Waals surface area contributed by atoms with Gasteiger partial charge < -0.3 is 4.90 Å². The lowest BCUT2D eigenvalue weighted by molar-refractivity contribution is -0.384. The van der Waals surface area contributed by atoms with Crippen molar-refractivity contribution >= 4 is 46.3 Å². The Bertz CT molecular complexity index is 393. The van der Waals surface area contributed by atoms with Gasteiger partial charge in [0, 0.05) is 12.4 Å². The first-order valence-electron chi connectivity index (χ1n) is 4.58. The molecule has 0 radical (unpaired) electrons. The zero-order chi connectivity index (χ0) is 12.8. The highest BCUT2D eigenvalue weighted by Gasteiger charge is 2.25. The summed E-state index contributed by atoms with van der Waals surface area (Å²) in [5.74, 6) is 0.465. The predicted octanol–water partition coefficient (Wildman–Crippen LogP) is 2.23. The van der Waals surface area contributed by atoms with Crippen LogP contribution in [0, 0.1) is 10.1 Å². The van der Waals surface area contributed by atoms with Crippen LogP contribution in [-0.4, -0.2) is 38.7 Å². The maximum atomic E-state index is 10.8. The molecule has 94 valence electrons. The molecule has 0 amide bonds. The summed E-state index contributed by atoms with van der Waals surface area (Å²) in [4.78, 5) is 19.2. The molecule has 0 spiro atoms. The fourth-order valence-electron chi connectivity index (χ4n) is 1.22. The third-order valence-electron chi connectivity index (χ3n) is 1.93. The minimum Gasteiger partial charge on any atom is -0.332 e. The molecule has 0 fully saturated rings. The van der Waals surface area contributed by atoms with E-state index >= 15 is 0 Å². The van der Waals surface area contributed by atoms with Crippen molar-refractivity contribution in [2.45, 2.75) is 5.50 Å². The van der Waals surface area contributed by atoms with Gasteiger partial charge in [-0.05, 0) is 0 Å². The van der Waals surface area contributed by atoms with E-state index in [2.05, 4.69) is 9.97 Å². The van der Waals surface area contributed by atoms with Crippen LogP contribution in [0.15, 0.2) is 12.5 Å². The van der Waals surface area contributed by atoms with E-state index in [1.165, 1.54) is 11.2 Å². The molecular formula is C8H9Cl3N4O2. The van der Waals surface area contributed by atoms with Crippen molar-refractivity contribution in [3.8, 4) is 0 Å². The van der Waals surface area contributed by atoms with Gasteiger partial charge in [0.05, 0.1) is 10.8 Å². The summed E-state index contributed by atoms with van der Waals surface area (Å²) >= 11 is 17.2. The molecule has 1 aromatic heterocycles. The van der Waals surface area contributed by atoms with Crippen molar-refractivity contribution in [3.05, 3.63) is 22.6 Å². The summed E-state index contributed by atoms with van der Waals surface area (Å²) in [6, 6.07) is 0. The molecule has 6 nitrogen and oxygen atoms in total. The van der Waals surface area contributed by atoms with Crippen LogP contribution in [0.4, 0.5) is 11.5 Å². The number of halogens is 3. The van der Waals surface area contributed by atoms with Crippen LogP contribution in [-0.2, 0) is 0 Å². The molecular weight excluding hydrogens is 290 g/mol. The molecule has 1 aromatic rings. The number of aromatic nitrogens is 2. The van der Waals surface area contributed by atoms with Crippen molar-refractivity contribution in [1.82, 2.24) is 9.97 Å². The Morgan fingerprint density at radius 2 is 2.24 bits per heavy atom. The van der Waals surface area contributed by atoms with E-state index in [9.17, 15) is 10.1 Å². The van der Waals surface area contributed by atoms with Gasteiger partial charge in [0.2, 0.25) is 5.82 Å². The van der Waals surface area contributed by atoms with Crippen LogP contribution in [0.25, 0.3) is 0 Å². The van der Waals surface area contributed by atoms with Gasteiger partial charge in [-0.15, -0.1) is 23.2 Å². The summed E-state index contributed by atoms with van der Waals surface area (Å²) in [7, 11) is 0. The third kappa shape index (κ3) is 3.55. The van der Waals surface area contributed by atoms with E-state index in [0.717, 1.165) is 6.20 Å². The standard InChI is InChI=1S/C8H9Cl3N4O2/c9-1-2-14(7(11)3-10)8-6(15(16)17)4-12-5-13-8/h4-5,7H,1-3H2. The average Bonchev–Trinajstić information content (AvgIpc) is 2.35. The minimum atomic E-state index is -0.621. The zero-order valence-electron chi connectivity index (χ0n) is 8.59. The van der Waals surface area contributed by atoms with Crippen molar-refractivity contribution in [3.63, 3.8) is 0 Å². The molecule has 0 saturated carbocycles. The summed E-state index contributed by atoms with van der Waals surface area (Å²) < 4.78 is 0. The SMILES string of the molecule is O=[N+]([O-])c1cncnc1N(CCCl)C(Cl)CCl. The number of hydrogen-bond donors (Lipinski definition) is 0. The number of nitro groups is 1. The number of rotatable bonds is 6. The van der Waals surface area contributed by atoms with Gasteiger partial charge in [-0.2, -0.15) is 0 Å². The second-order valence-electron chi connectivity index (χ2n) is 2.96. The monoisotopic (exact) mass is 298 g/mol. The van der Waals surface area contributed by atoms with Gasteiger partial charge in [0.25, 0.3) is 0 Å². The van der Waals surface area contributed by atoms with E-state index in [0.29, 0.717) is 6.54 Å². The predicted molar refractivity (Wildman–Crippen MR) is 67.1 cm³/mol. The highest BCUT2D eigenvalue weighted by Crippen LogP contribution is 2.26. The van der Waals surface area contributed by atoms with E-state index in [1.54, 1.807) is 0 Å². The molecule has 0 aromatic carbocycles. The van der Waals surface area contributed by atoms with Crippen molar-refractivity contribution in [2.24, 2.45) is 0 Å². The molecule has 17 heavy (non-hydrogen) atoms. The van der Waals surface area contributed by atoms with Crippen LogP contribution < -0.4 is 4.90 Å². The Balaban J connectivity index is 3.13. The lowest BCUT2D eigenvalue weighted by Crippen LogP contribution is -2.35. The first kappa shape index (κ1) is 14.2. The number of nitrogens with zero attached hydrogens (tertiary/aromatic N) is 4. The second kappa shape index (κ2) is 6.78. The normalized spacial score (nSPS) is 12.2. The van der Waals surface area contributed by atoms with Gasteiger partial charge in [0.15, 0.2) is 0 Å². The molecule has 0 aliphatic rings. The van der Waals surface area contributed by atoms with Gasteiger partial charge in [-0.25, -0.2) is 9.97 Å². The van der Waals surface area contributed by atoms with Gasteiger partial charge >= 0.3 is 5.69 Å². The molecule has 1 atom stereocenters. The quantitative estimate of drug-likeness (QED) is 0.348. The lowest BCUT2D eigenvalue weighted by Gasteiger charge is -2.25. The lowest BCUT2D eigenvalue weighted by atomic mass is 10.4. The van der Waals surface area contributed by atoms with Gasteiger partial charge in [-0.1, -0.05) is 11.6 Å². The molecule has 1 heterocycles. The Kier molecular flexibility index (Phi) is 5.67. The Labute approximate surface area is 113 Å². The highest BCUT2D eigenvalue weighted by molar-refractivity contribution is 6.29. The van der Waals surface area contributed by atoms with E-state index in [-0.39, 0.29) is 23.3 Å². The second-order valence-corrected chi connectivity index (χ2v) is 4.15.